The van der Waals surface area contributed by atoms with Crippen LogP contribution < -0.4 is 5.73 Å². The Morgan fingerprint density at radius 1 is 1.18 bits per heavy atom. The molecule has 0 radical (unpaired) electrons. The lowest BCUT2D eigenvalue weighted by molar-refractivity contribution is -0.131. The van der Waals surface area contributed by atoms with Crippen LogP contribution in [-0.2, 0) is 24.3 Å². The molecule has 0 saturated carbocycles. The van der Waals surface area contributed by atoms with E-state index in [-0.39, 0.29) is 17.9 Å². The number of benzene rings is 1. The van der Waals surface area contributed by atoms with Crippen molar-refractivity contribution in [3.63, 3.8) is 0 Å². The first-order chi connectivity index (χ1) is 13.4. The maximum atomic E-state index is 14.1. The standard InChI is InChI=1S/C20H17F2N5O/c1-11-24-8-12-9-27(10-19(12)25-11)20(28)7-18-16(23)4-5-17(26-18)14-3-2-13(21)6-15(14)22/h2-6,8H,7,9-10,23H2,1H3. The Morgan fingerprint density at radius 3 is 2.79 bits per heavy atom. The predicted octanol–water partition coefficient (Wildman–Crippen LogP) is 2.79. The van der Waals surface area contributed by atoms with Crippen LogP contribution in [-0.4, -0.2) is 25.8 Å². The highest BCUT2D eigenvalue weighted by Crippen LogP contribution is 2.25. The fourth-order valence-corrected chi connectivity index (χ4v) is 3.19. The summed E-state index contributed by atoms with van der Waals surface area (Å²) in [4.78, 5) is 27.3. The van der Waals surface area contributed by atoms with Gasteiger partial charge in [-0.15, -0.1) is 0 Å². The van der Waals surface area contributed by atoms with Crippen molar-refractivity contribution in [2.24, 2.45) is 0 Å². The van der Waals surface area contributed by atoms with Crippen LogP contribution in [0.25, 0.3) is 11.3 Å². The minimum absolute atomic E-state index is 0.0249. The molecular weight excluding hydrogens is 364 g/mol. The van der Waals surface area contributed by atoms with E-state index in [1.807, 2.05) is 0 Å². The lowest BCUT2D eigenvalue weighted by Gasteiger charge is -2.16. The minimum atomic E-state index is -0.724. The third-order valence-electron chi connectivity index (χ3n) is 4.66. The molecule has 8 heteroatoms. The zero-order valence-corrected chi connectivity index (χ0v) is 15.1. The van der Waals surface area contributed by atoms with Gasteiger partial charge >= 0.3 is 0 Å². The van der Waals surface area contributed by atoms with E-state index in [4.69, 9.17) is 5.73 Å². The van der Waals surface area contributed by atoms with Gasteiger partial charge in [-0.1, -0.05) is 0 Å². The number of hydrogen-bond acceptors (Lipinski definition) is 5. The third kappa shape index (κ3) is 3.40. The van der Waals surface area contributed by atoms with Crippen LogP contribution >= 0.6 is 0 Å². The number of carbonyl (C=O) groups excluding carboxylic acids is 1. The Kier molecular flexibility index (Phi) is 4.46. The summed E-state index contributed by atoms with van der Waals surface area (Å²) in [5.41, 5.74) is 8.86. The number of nitrogens with two attached hydrogens (primary N) is 1. The van der Waals surface area contributed by atoms with Gasteiger partial charge < -0.3 is 10.6 Å². The third-order valence-corrected chi connectivity index (χ3v) is 4.66. The highest BCUT2D eigenvalue weighted by molar-refractivity contribution is 5.80. The maximum Gasteiger partial charge on any atom is 0.229 e. The summed E-state index contributed by atoms with van der Waals surface area (Å²) in [7, 11) is 0. The first-order valence-electron chi connectivity index (χ1n) is 8.70. The molecule has 0 saturated heterocycles. The van der Waals surface area contributed by atoms with Crippen molar-refractivity contribution in [2.75, 3.05) is 5.73 Å². The number of rotatable bonds is 3. The van der Waals surface area contributed by atoms with Gasteiger partial charge in [0, 0.05) is 29.9 Å². The molecule has 0 unspecified atom stereocenters. The molecule has 142 valence electrons. The fraction of sp³-hybridized carbons (Fsp3) is 0.200. The summed E-state index contributed by atoms with van der Waals surface area (Å²) < 4.78 is 27.2. The lowest BCUT2D eigenvalue weighted by atomic mass is 10.1. The average Bonchev–Trinajstić information content (AvgIpc) is 3.07. The molecule has 4 rings (SSSR count). The normalized spacial score (nSPS) is 12.9. The first kappa shape index (κ1) is 18.0. The van der Waals surface area contributed by atoms with Crippen molar-refractivity contribution in [2.45, 2.75) is 26.4 Å². The second-order valence-corrected chi connectivity index (χ2v) is 6.67. The van der Waals surface area contributed by atoms with Gasteiger partial charge in [0.25, 0.3) is 0 Å². The van der Waals surface area contributed by atoms with E-state index in [2.05, 4.69) is 15.0 Å². The van der Waals surface area contributed by atoms with E-state index in [1.165, 1.54) is 6.07 Å². The number of aromatic nitrogens is 3. The maximum absolute atomic E-state index is 14.1. The smallest absolute Gasteiger partial charge is 0.229 e. The van der Waals surface area contributed by atoms with E-state index in [9.17, 15) is 13.6 Å². The number of carbonyl (C=O) groups is 1. The van der Waals surface area contributed by atoms with Gasteiger partial charge in [-0.3, -0.25) is 9.78 Å². The van der Waals surface area contributed by atoms with Crippen molar-refractivity contribution in [3.8, 4) is 11.3 Å². The number of nitrogens with zero attached hydrogens (tertiary/aromatic N) is 4. The van der Waals surface area contributed by atoms with Crippen LogP contribution in [0.3, 0.4) is 0 Å². The Hall–Kier alpha value is -3.42. The first-order valence-corrected chi connectivity index (χ1v) is 8.70. The lowest BCUT2D eigenvalue weighted by Crippen LogP contribution is -2.27. The molecule has 0 fully saturated rings. The summed E-state index contributed by atoms with van der Waals surface area (Å²) >= 11 is 0. The Balaban J connectivity index is 1.56. The molecule has 3 aromatic rings. The van der Waals surface area contributed by atoms with Crippen molar-refractivity contribution in [1.29, 1.82) is 0 Å². The van der Waals surface area contributed by atoms with Crippen LogP contribution in [0.1, 0.15) is 22.8 Å². The van der Waals surface area contributed by atoms with Gasteiger partial charge in [0.15, 0.2) is 0 Å². The molecule has 0 atom stereocenters. The topological polar surface area (TPSA) is 85.0 Å². The number of pyridine rings is 1. The van der Waals surface area contributed by atoms with Gasteiger partial charge in [0.05, 0.1) is 35.7 Å². The number of hydrogen-bond donors (Lipinski definition) is 1. The quantitative estimate of drug-likeness (QED) is 0.754. The molecule has 2 aromatic heterocycles. The minimum Gasteiger partial charge on any atom is -0.397 e. The summed E-state index contributed by atoms with van der Waals surface area (Å²) in [5, 5.41) is 0. The molecule has 2 N–H and O–H groups in total. The van der Waals surface area contributed by atoms with Crippen molar-refractivity contribution in [1.82, 2.24) is 19.9 Å². The molecule has 0 bridgehead atoms. The number of fused-ring (bicyclic) bond motifs is 1. The second-order valence-electron chi connectivity index (χ2n) is 6.67. The molecule has 0 aliphatic carbocycles. The largest absolute Gasteiger partial charge is 0.397 e. The van der Waals surface area contributed by atoms with Crippen LogP contribution in [0, 0.1) is 18.6 Å². The van der Waals surface area contributed by atoms with Gasteiger partial charge in [0.2, 0.25) is 5.91 Å². The van der Waals surface area contributed by atoms with E-state index in [0.717, 1.165) is 23.4 Å². The van der Waals surface area contributed by atoms with Gasteiger partial charge in [-0.2, -0.15) is 0 Å². The summed E-state index contributed by atoms with van der Waals surface area (Å²) in [6.45, 7) is 2.64. The van der Waals surface area contributed by atoms with Crippen LogP contribution in [0.5, 0.6) is 0 Å². The SMILES string of the molecule is Cc1ncc2c(n1)CN(C(=O)Cc1nc(-c3ccc(F)cc3F)ccc1N)C2. The number of aryl methyl sites for hydroxylation is 1. The Labute approximate surface area is 160 Å². The number of amides is 1. The molecule has 1 aliphatic rings. The second kappa shape index (κ2) is 6.95. The molecule has 0 spiro atoms. The highest BCUT2D eigenvalue weighted by Gasteiger charge is 2.26. The molecule has 3 heterocycles. The molecule has 6 nitrogen and oxygen atoms in total. The Morgan fingerprint density at radius 2 is 2.00 bits per heavy atom. The van der Waals surface area contributed by atoms with Crippen LogP contribution in [0.2, 0.25) is 0 Å². The van der Waals surface area contributed by atoms with Crippen molar-refractivity contribution < 1.29 is 13.6 Å². The van der Waals surface area contributed by atoms with E-state index < -0.39 is 11.6 Å². The fourth-order valence-electron chi connectivity index (χ4n) is 3.19. The zero-order chi connectivity index (χ0) is 19.8. The highest BCUT2D eigenvalue weighted by atomic mass is 19.1. The molecule has 1 aliphatic heterocycles. The van der Waals surface area contributed by atoms with Crippen molar-refractivity contribution >= 4 is 11.6 Å². The van der Waals surface area contributed by atoms with Crippen molar-refractivity contribution in [3.05, 3.63) is 70.9 Å². The molecular formula is C20H17F2N5O. The number of nitrogen functional groups attached to an aromatic ring is 1. The number of anilines is 1. The van der Waals surface area contributed by atoms with E-state index >= 15 is 0 Å². The van der Waals surface area contributed by atoms with Gasteiger partial charge in [-0.05, 0) is 31.2 Å². The summed E-state index contributed by atoms with van der Waals surface area (Å²) in [5.74, 6) is -0.892. The molecule has 28 heavy (non-hydrogen) atoms. The van der Waals surface area contributed by atoms with E-state index in [0.29, 0.717) is 36.0 Å². The molecule has 1 amide bonds. The zero-order valence-electron chi connectivity index (χ0n) is 15.1. The van der Waals surface area contributed by atoms with Gasteiger partial charge in [-0.25, -0.2) is 18.7 Å². The number of halogens is 2. The van der Waals surface area contributed by atoms with Gasteiger partial charge in [0.1, 0.15) is 17.5 Å². The monoisotopic (exact) mass is 381 g/mol. The summed E-state index contributed by atoms with van der Waals surface area (Å²) in [6, 6.07) is 6.38. The average molecular weight is 381 g/mol. The Bertz CT molecular complexity index is 1090. The molecule has 1 aromatic carbocycles. The predicted molar refractivity (Wildman–Crippen MR) is 98.7 cm³/mol. The van der Waals surface area contributed by atoms with Crippen LogP contribution in [0.15, 0.2) is 36.5 Å². The van der Waals surface area contributed by atoms with E-state index in [1.54, 1.807) is 30.2 Å². The summed E-state index contributed by atoms with van der Waals surface area (Å²) in [6.07, 6.45) is 1.71. The van der Waals surface area contributed by atoms with Crippen LogP contribution in [0.4, 0.5) is 14.5 Å².